The Labute approximate surface area is 113 Å². The van der Waals surface area contributed by atoms with Crippen LogP contribution in [0.25, 0.3) is 10.9 Å². The number of hydrogen-bond donors (Lipinski definition) is 1. The molecule has 4 nitrogen and oxygen atoms in total. The number of benzene rings is 1. The van der Waals surface area contributed by atoms with Crippen LogP contribution in [0.1, 0.15) is 18.4 Å². The lowest BCUT2D eigenvalue weighted by Gasteiger charge is -2.06. The van der Waals surface area contributed by atoms with Crippen LogP contribution in [0.5, 0.6) is 0 Å². The molecule has 0 amide bonds. The van der Waals surface area contributed by atoms with Crippen LogP contribution in [0.3, 0.4) is 0 Å². The number of ether oxygens (including phenoxy) is 1. The molecule has 2 aromatic rings. The van der Waals surface area contributed by atoms with Crippen molar-refractivity contribution in [1.29, 1.82) is 0 Å². The Morgan fingerprint density at radius 3 is 2.95 bits per heavy atom. The summed E-state index contributed by atoms with van der Waals surface area (Å²) in [5.41, 5.74) is 2.49. The fraction of sp³-hybridized carbons (Fsp3) is 0.400. The van der Waals surface area contributed by atoms with Crippen molar-refractivity contribution in [3.05, 3.63) is 36.0 Å². The zero-order valence-electron chi connectivity index (χ0n) is 11.5. The molecule has 2 rings (SSSR count). The number of esters is 1. The summed E-state index contributed by atoms with van der Waals surface area (Å²) < 4.78 is 6.84. The van der Waals surface area contributed by atoms with E-state index in [1.807, 2.05) is 7.05 Å². The molecule has 0 saturated carbocycles. The summed E-state index contributed by atoms with van der Waals surface area (Å²) in [6.07, 6.45) is 3.34. The van der Waals surface area contributed by atoms with Crippen molar-refractivity contribution in [3.63, 3.8) is 0 Å². The van der Waals surface area contributed by atoms with Gasteiger partial charge in [-0.25, -0.2) is 0 Å². The van der Waals surface area contributed by atoms with Crippen molar-refractivity contribution in [3.8, 4) is 0 Å². The zero-order valence-corrected chi connectivity index (χ0v) is 11.5. The predicted molar refractivity (Wildman–Crippen MR) is 76.0 cm³/mol. The van der Waals surface area contributed by atoms with Crippen molar-refractivity contribution >= 4 is 16.9 Å². The van der Waals surface area contributed by atoms with Gasteiger partial charge in [0.2, 0.25) is 0 Å². The largest absolute Gasteiger partial charge is 0.469 e. The van der Waals surface area contributed by atoms with Crippen molar-refractivity contribution in [2.45, 2.75) is 25.9 Å². The van der Waals surface area contributed by atoms with E-state index in [1.165, 1.54) is 23.6 Å². The van der Waals surface area contributed by atoms with Gasteiger partial charge in [-0.05, 0) is 36.6 Å². The van der Waals surface area contributed by atoms with Gasteiger partial charge < -0.3 is 14.6 Å². The van der Waals surface area contributed by atoms with Crippen molar-refractivity contribution in [2.75, 3.05) is 14.2 Å². The van der Waals surface area contributed by atoms with E-state index in [0.717, 1.165) is 19.5 Å². The molecule has 0 aliphatic carbocycles. The van der Waals surface area contributed by atoms with Gasteiger partial charge in [0.25, 0.3) is 0 Å². The summed E-state index contributed by atoms with van der Waals surface area (Å²) in [4.78, 5) is 11.1. The van der Waals surface area contributed by atoms with Crippen LogP contribution in [-0.4, -0.2) is 24.7 Å². The Bertz CT molecular complexity index is 560. The summed E-state index contributed by atoms with van der Waals surface area (Å²) >= 11 is 0. The lowest BCUT2D eigenvalue weighted by molar-refractivity contribution is -0.140. The van der Waals surface area contributed by atoms with Gasteiger partial charge in [-0.1, -0.05) is 12.1 Å². The summed E-state index contributed by atoms with van der Waals surface area (Å²) in [6, 6.07) is 8.58. The minimum absolute atomic E-state index is 0.146. The highest BCUT2D eigenvalue weighted by molar-refractivity contribution is 5.80. The van der Waals surface area contributed by atoms with Crippen molar-refractivity contribution < 1.29 is 9.53 Å². The second kappa shape index (κ2) is 6.38. The highest BCUT2D eigenvalue weighted by Gasteiger charge is 2.04. The molecule has 0 fully saturated rings. The summed E-state index contributed by atoms with van der Waals surface area (Å²) in [6.45, 7) is 1.70. The Balaban J connectivity index is 2.09. The molecular weight excluding hydrogens is 240 g/mol. The van der Waals surface area contributed by atoms with E-state index in [9.17, 15) is 4.79 Å². The number of fused-ring (bicyclic) bond motifs is 1. The maximum absolute atomic E-state index is 11.1. The van der Waals surface area contributed by atoms with E-state index in [0.29, 0.717) is 6.42 Å². The third kappa shape index (κ3) is 3.35. The van der Waals surface area contributed by atoms with E-state index < -0.39 is 0 Å². The van der Waals surface area contributed by atoms with Crippen LogP contribution in [0.15, 0.2) is 30.5 Å². The smallest absolute Gasteiger partial charge is 0.305 e. The number of carbonyl (C=O) groups excluding carboxylic acids is 1. The second-order valence-electron chi connectivity index (χ2n) is 4.61. The molecule has 0 aliphatic heterocycles. The highest BCUT2D eigenvalue weighted by atomic mass is 16.5. The number of methoxy groups -OCH3 is 1. The van der Waals surface area contributed by atoms with Crippen LogP contribution < -0.4 is 5.32 Å². The van der Waals surface area contributed by atoms with Crippen molar-refractivity contribution in [2.24, 2.45) is 0 Å². The average molecular weight is 260 g/mol. The van der Waals surface area contributed by atoms with Crippen LogP contribution in [-0.2, 0) is 22.6 Å². The molecule has 0 unspecified atom stereocenters. The van der Waals surface area contributed by atoms with Crippen LogP contribution in [0.2, 0.25) is 0 Å². The number of rotatable bonds is 6. The van der Waals surface area contributed by atoms with Gasteiger partial charge in [-0.3, -0.25) is 4.79 Å². The van der Waals surface area contributed by atoms with E-state index in [4.69, 9.17) is 0 Å². The number of carbonyl (C=O) groups is 1. The van der Waals surface area contributed by atoms with Gasteiger partial charge in [0, 0.05) is 31.2 Å². The molecule has 0 aliphatic rings. The van der Waals surface area contributed by atoms with Crippen LogP contribution >= 0.6 is 0 Å². The van der Waals surface area contributed by atoms with Gasteiger partial charge in [0.1, 0.15) is 0 Å². The Hall–Kier alpha value is -1.81. The molecule has 0 spiro atoms. The highest BCUT2D eigenvalue weighted by Crippen LogP contribution is 2.18. The van der Waals surface area contributed by atoms with E-state index in [2.05, 4.69) is 45.1 Å². The monoisotopic (exact) mass is 260 g/mol. The number of aryl methyl sites for hydroxylation is 1. The number of nitrogens with one attached hydrogen (secondary N) is 1. The van der Waals surface area contributed by atoms with Gasteiger partial charge in [-0.2, -0.15) is 0 Å². The Morgan fingerprint density at radius 2 is 2.21 bits per heavy atom. The average Bonchev–Trinajstić information content (AvgIpc) is 2.82. The van der Waals surface area contributed by atoms with Gasteiger partial charge in [-0.15, -0.1) is 0 Å². The third-order valence-electron chi connectivity index (χ3n) is 3.23. The quantitative estimate of drug-likeness (QED) is 0.811. The summed E-state index contributed by atoms with van der Waals surface area (Å²) in [5, 5.41) is 4.39. The molecule has 19 heavy (non-hydrogen) atoms. The molecule has 1 heterocycles. The first-order valence-corrected chi connectivity index (χ1v) is 6.54. The molecule has 4 heteroatoms. The lowest BCUT2D eigenvalue weighted by Crippen LogP contribution is -2.06. The third-order valence-corrected chi connectivity index (χ3v) is 3.23. The van der Waals surface area contributed by atoms with Crippen LogP contribution in [0.4, 0.5) is 0 Å². The molecular formula is C15H20N2O2. The van der Waals surface area contributed by atoms with Crippen molar-refractivity contribution in [1.82, 2.24) is 9.88 Å². The minimum atomic E-state index is -0.146. The molecule has 1 N–H and O–H groups in total. The van der Waals surface area contributed by atoms with E-state index in [1.54, 1.807) is 0 Å². The first kappa shape index (κ1) is 13.6. The topological polar surface area (TPSA) is 43.3 Å². The SMILES string of the molecule is CNCc1ccc2ccn(CCCC(=O)OC)c2c1. The zero-order chi connectivity index (χ0) is 13.7. The first-order chi connectivity index (χ1) is 9.24. The van der Waals surface area contributed by atoms with Gasteiger partial charge in [0.15, 0.2) is 0 Å². The fourth-order valence-electron chi connectivity index (χ4n) is 2.23. The lowest BCUT2D eigenvalue weighted by atomic mass is 10.1. The van der Waals surface area contributed by atoms with Gasteiger partial charge >= 0.3 is 5.97 Å². The standard InChI is InChI=1S/C15H20N2O2/c1-16-11-12-5-6-13-7-9-17(14(13)10-12)8-3-4-15(18)19-2/h5-7,9-10,16H,3-4,8,11H2,1-2H3. The molecule has 1 aromatic carbocycles. The molecule has 0 saturated heterocycles. The number of hydrogen-bond acceptors (Lipinski definition) is 3. The molecule has 102 valence electrons. The number of aromatic nitrogens is 1. The van der Waals surface area contributed by atoms with E-state index in [-0.39, 0.29) is 5.97 Å². The molecule has 0 radical (unpaired) electrons. The predicted octanol–water partition coefficient (Wildman–Crippen LogP) is 2.31. The summed E-state index contributed by atoms with van der Waals surface area (Å²) in [7, 11) is 3.37. The first-order valence-electron chi connectivity index (χ1n) is 6.54. The maximum Gasteiger partial charge on any atom is 0.305 e. The van der Waals surface area contributed by atoms with E-state index >= 15 is 0 Å². The molecule has 0 bridgehead atoms. The van der Waals surface area contributed by atoms with Gasteiger partial charge in [0.05, 0.1) is 7.11 Å². The normalized spacial score (nSPS) is 10.8. The Morgan fingerprint density at radius 1 is 1.37 bits per heavy atom. The Kier molecular flexibility index (Phi) is 4.58. The van der Waals surface area contributed by atoms with Crippen LogP contribution in [0, 0.1) is 0 Å². The summed E-state index contributed by atoms with van der Waals surface area (Å²) in [5.74, 6) is -0.146. The fourth-order valence-corrected chi connectivity index (χ4v) is 2.23. The minimum Gasteiger partial charge on any atom is -0.469 e. The maximum atomic E-state index is 11.1. The molecule has 0 atom stereocenters. The molecule has 1 aromatic heterocycles. The second-order valence-corrected chi connectivity index (χ2v) is 4.61. The number of nitrogens with zero attached hydrogens (tertiary/aromatic N) is 1.